The van der Waals surface area contributed by atoms with E-state index in [4.69, 9.17) is 0 Å². The van der Waals surface area contributed by atoms with Crippen molar-refractivity contribution in [2.75, 3.05) is 0 Å². The van der Waals surface area contributed by atoms with Crippen LogP contribution in [0.25, 0.3) is 22.3 Å². The average molecular weight is 324 g/mol. The van der Waals surface area contributed by atoms with Gasteiger partial charge < -0.3 is 4.57 Å². The number of halogens is 1. The highest BCUT2D eigenvalue weighted by molar-refractivity contribution is 14.1. The van der Waals surface area contributed by atoms with Gasteiger partial charge in [-0.25, -0.2) is 4.98 Å². The molecule has 0 aliphatic carbocycles. The largest absolute Gasteiger partial charge is 0.349 e. The van der Waals surface area contributed by atoms with Gasteiger partial charge in [-0.05, 0) is 40.8 Å². The number of hydrogen-bond donors (Lipinski definition) is 1. The van der Waals surface area contributed by atoms with Gasteiger partial charge in [0.2, 0.25) is 0 Å². The minimum absolute atomic E-state index is 0.738. The standard InChI is InChI=1S/C11H9IN4/c1-16-5-9(12)8-4-7(2-3-10(8)16)11-13-6-14-15-11/h2-6H,1H3,(H,13,14,15). The van der Waals surface area contributed by atoms with Crippen LogP contribution in [-0.4, -0.2) is 19.7 Å². The fraction of sp³-hybridized carbons (Fsp3) is 0.0909. The number of nitrogens with one attached hydrogen (secondary N) is 1. The molecule has 4 nitrogen and oxygen atoms in total. The highest BCUT2D eigenvalue weighted by atomic mass is 127. The second-order valence-corrected chi connectivity index (χ2v) is 4.80. The van der Waals surface area contributed by atoms with Crippen molar-refractivity contribution in [2.45, 2.75) is 0 Å². The number of nitrogens with zero attached hydrogens (tertiary/aromatic N) is 3. The molecule has 0 aliphatic heterocycles. The number of aromatic nitrogens is 4. The Balaban J connectivity index is 2.27. The summed E-state index contributed by atoms with van der Waals surface area (Å²) in [7, 11) is 2.05. The Morgan fingerprint density at radius 1 is 1.38 bits per heavy atom. The van der Waals surface area contributed by atoms with Gasteiger partial charge in [-0.2, -0.15) is 5.10 Å². The van der Waals surface area contributed by atoms with E-state index in [1.165, 1.54) is 14.5 Å². The number of H-pyrrole nitrogens is 1. The summed E-state index contributed by atoms with van der Waals surface area (Å²) in [6.07, 6.45) is 3.71. The van der Waals surface area contributed by atoms with E-state index in [2.05, 4.69) is 67.7 Å². The molecule has 0 amide bonds. The summed E-state index contributed by atoms with van der Waals surface area (Å²) in [5.74, 6) is 0.738. The zero-order chi connectivity index (χ0) is 11.1. The molecular weight excluding hydrogens is 315 g/mol. The molecule has 0 unspecified atom stereocenters. The Morgan fingerprint density at radius 2 is 2.25 bits per heavy atom. The Morgan fingerprint density at radius 3 is 3.00 bits per heavy atom. The topological polar surface area (TPSA) is 46.5 Å². The molecule has 0 bridgehead atoms. The number of benzene rings is 1. The SMILES string of the molecule is Cn1cc(I)c2cc(-c3nc[nH]n3)ccc21. The average Bonchev–Trinajstić information content (AvgIpc) is 2.88. The summed E-state index contributed by atoms with van der Waals surface area (Å²) in [6, 6.07) is 6.27. The zero-order valence-corrected chi connectivity index (χ0v) is 10.8. The second kappa shape index (κ2) is 3.58. The molecule has 2 aromatic heterocycles. The van der Waals surface area contributed by atoms with Gasteiger partial charge in [-0.3, -0.25) is 5.10 Å². The minimum atomic E-state index is 0.738. The summed E-state index contributed by atoms with van der Waals surface area (Å²) < 4.78 is 3.37. The van der Waals surface area contributed by atoms with Gasteiger partial charge >= 0.3 is 0 Å². The van der Waals surface area contributed by atoms with E-state index >= 15 is 0 Å². The molecule has 0 fully saturated rings. The van der Waals surface area contributed by atoms with Crippen molar-refractivity contribution >= 4 is 33.5 Å². The van der Waals surface area contributed by atoms with Gasteiger partial charge in [0.1, 0.15) is 6.33 Å². The molecule has 0 radical (unpaired) electrons. The Bertz CT molecular complexity index is 639. The highest BCUT2D eigenvalue weighted by Gasteiger charge is 2.07. The fourth-order valence-electron chi connectivity index (χ4n) is 1.83. The molecule has 16 heavy (non-hydrogen) atoms. The summed E-state index contributed by atoms with van der Waals surface area (Å²) in [5.41, 5.74) is 2.27. The maximum absolute atomic E-state index is 4.15. The van der Waals surface area contributed by atoms with E-state index in [-0.39, 0.29) is 0 Å². The van der Waals surface area contributed by atoms with E-state index < -0.39 is 0 Å². The van der Waals surface area contributed by atoms with Crippen LogP contribution in [0.5, 0.6) is 0 Å². The van der Waals surface area contributed by atoms with Crippen molar-refractivity contribution < 1.29 is 0 Å². The number of aromatic amines is 1. The summed E-state index contributed by atoms with van der Waals surface area (Å²) in [5, 5.41) is 8.05. The molecule has 0 saturated carbocycles. The van der Waals surface area contributed by atoms with Crippen LogP contribution >= 0.6 is 22.6 Å². The van der Waals surface area contributed by atoms with Gasteiger partial charge in [0, 0.05) is 33.3 Å². The van der Waals surface area contributed by atoms with Crippen molar-refractivity contribution in [1.29, 1.82) is 0 Å². The van der Waals surface area contributed by atoms with E-state index in [0.717, 1.165) is 11.4 Å². The Labute approximate surface area is 106 Å². The van der Waals surface area contributed by atoms with Crippen LogP contribution in [0.15, 0.2) is 30.7 Å². The van der Waals surface area contributed by atoms with Crippen molar-refractivity contribution in [3.63, 3.8) is 0 Å². The lowest BCUT2D eigenvalue weighted by molar-refractivity contribution is 0.966. The third-order valence-electron chi connectivity index (χ3n) is 2.61. The van der Waals surface area contributed by atoms with Crippen LogP contribution in [0.1, 0.15) is 0 Å². The van der Waals surface area contributed by atoms with Crippen LogP contribution in [0.2, 0.25) is 0 Å². The molecule has 1 aromatic carbocycles. The van der Waals surface area contributed by atoms with E-state index in [0.29, 0.717) is 0 Å². The third kappa shape index (κ3) is 1.42. The van der Waals surface area contributed by atoms with Gasteiger partial charge in [0.05, 0.1) is 0 Å². The molecular formula is C11H9IN4. The van der Waals surface area contributed by atoms with Gasteiger partial charge in [-0.1, -0.05) is 0 Å². The molecule has 2 heterocycles. The second-order valence-electron chi connectivity index (χ2n) is 3.64. The number of aryl methyl sites for hydroxylation is 1. The maximum Gasteiger partial charge on any atom is 0.180 e. The predicted molar refractivity (Wildman–Crippen MR) is 71.0 cm³/mol. The van der Waals surface area contributed by atoms with Gasteiger partial charge in [-0.15, -0.1) is 0 Å². The van der Waals surface area contributed by atoms with Crippen molar-refractivity contribution in [3.8, 4) is 11.4 Å². The quantitative estimate of drug-likeness (QED) is 0.700. The van der Waals surface area contributed by atoms with E-state index in [1.807, 2.05) is 6.07 Å². The van der Waals surface area contributed by atoms with Crippen LogP contribution in [0.3, 0.4) is 0 Å². The van der Waals surface area contributed by atoms with Crippen LogP contribution in [-0.2, 0) is 7.05 Å². The molecule has 0 saturated heterocycles. The first kappa shape index (κ1) is 9.83. The lowest BCUT2D eigenvalue weighted by atomic mass is 10.1. The number of rotatable bonds is 1. The van der Waals surface area contributed by atoms with Crippen LogP contribution < -0.4 is 0 Å². The monoisotopic (exact) mass is 324 g/mol. The molecule has 1 N–H and O–H groups in total. The Hall–Kier alpha value is -1.37. The molecule has 5 heteroatoms. The van der Waals surface area contributed by atoms with Crippen molar-refractivity contribution in [3.05, 3.63) is 34.3 Å². The smallest absolute Gasteiger partial charge is 0.180 e. The molecule has 0 spiro atoms. The summed E-state index contributed by atoms with van der Waals surface area (Å²) >= 11 is 2.34. The number of hydrogen-bond acceptors (Lipinski definition) is 2. The van der Waals surface area contributed by atoms with Gasteiger partial charge in [0.15, 0.2) is 5.82 Å². The van der Waals surface area contributed by atoms with E-state index in [9.17, 15) is 0 Å². The maximum atomic E-state index is 4.15. The normalized spacial score (nSPS) is 11.1. The first-order chi connectivity index (χ1) is 7.75. The lowest BCUT2D eigenvalue weighted by Crippen LogP contribution is -1.84. The van der Waals surface area contributed by atoms with E-state index in [1.54, 1.807) is 6.33 Å². The fourth-order valence-corrected chi connectivity index (χ4v) is 2.68. The van der Waals surface area contributed by atoms with Crippen molar-refractivity contribution in [1.82, 2.24) is 19.7 Å². The predicted octanol–water partition coefficient (Wildman–Crippen LogP) is 2.57. The molecule has 0 aliphatic rings. The van der Waals surface area contributed by atoms with Crippen LogP contribution in [0.4, 0.5) is 0 Å². The first-order valence-electron chi connectivity index (χ1n) is 4.86. The summed E-state index contributed by atoms with van der Waals surface area (Å²) in [6.45, 7) is 0. The van der Waals surface area contributed by atoms with Crippen LogP contribution in [0, 0.1) is 3.57 Å². The third-order valence-corrected chi connectivity index (χ3v) is 3.47. The number of fused-ring (bicyclic) bond motifs is 1. The Kier molecular flexibility index (Phi) is 2.20. The molecule has 3 aromatic rings. The zero-order valence-electron chi connectivity index (χ0n) is 8.61. The molecule has 0 atom stereocenters. The highest BCUT2D eigenvalue weighted by Crippen LogP contribution is 2.26. The van der Waals surface area contributed by atoms with Gasteiger partial charge in [0.25, 0.3) is 0 Å². The summed E-state index contributed by atoms with van der Waals surface area (Å²) in [4.78, 5) is 4.15. The molecule has 3 rings (SSSR count). The first-order valence-corrected chi connectivity index (χ1v) is 5.94. The lowest BCUT2D eigenvalue weighted by Gasteiger charge is -1.98. The minimum Gasteiger partial charge on any atom is -0.349 e. The molecule has 80 valence electrons. The van der Waals surface area contributed by atoms with Crippen molar-refractivity contribution in [2.24, 2.45) is 7.05 Å².